The van der Waals surface area contributed by atoms with Gasteiger partial charge in [0.05, 0.1) is 5.56 Å². The number of hydrogen-bond acceptors (Lipinski definition) is 3. The van der Waals surface area contributed by atoms with Crippen LogP contribution in [0.4, 0.5) is 0 Å². The van der Waals surface area contributed by atoms with Crippen LogP contribution < -0.4 is 10.6 Å². The molecule has 1 aliphatic rings. The number of carbonyl (C=O) groups excluding carboxylic acids is 1. The third kappa shape index (κ3) is 3.72. The van der Waals surface area contributed by atoms with Crippen molar-refractivity contribution in [2.24, 2.45) is 5.92 Å². The van der Waals surface area contributed by atoms with Gasteiger partial charge in [-0.1, -0.05) is 6.92 Å². The monoisotopic (exact) mass is 322 g/mol. The molecule has 0 saturated carbocycles. The molecule has 2 N–H and O–H groups in total. The van der Waals surface area contributed by atoms with Gasteiger partial charge in [-0.05, 0) is 34.8 Å². The first kappa shape index (κ1) is 14.5. The van der Waals surface area contributed by atoms with Gasteiger partial charge in [-0.2, -0.15) is 0 Å². The van der Waals surface area contributed by atoms with Crippen LogP contribution in [-0.4, -0.2) is 25.0 Å². The Balaban J connectivity index is 0.00000144. The Kier molecular flexibility index (Phi) is 5.49. The molecular formula is C11H16BrClN2O2. The summed E-state index contributed by atoms with van der Waals surface area (Å²) in [5, 5.41) is 6.30. The molecule has 1 amide bonds. The van der Waals surface area contributed by atoms with Gasteiger partial charge in [-0.3, -0.25) is 4.79 Å². The molecule has 0 spiro atoms. The summed E-state index contributed by atoms with van der Waals surface area (Å²) in [7, 11) is 0. The van der Waals surface area contributed by atoms with Crippen LogP contribution in [0.5, 0.6) is 0 Å². The summed E-state index contributed by atoms with van der Waals surface area (Å²) >= 11 is 3.18. The minimum atomic E-state index is -0.0741. The summed E-state index contributed by atoms with van der Waals surface area (Å²) in [6, 6.07) is 1.88. The fourth-order valence-electron chi connectivity index (χ4n) is 1.86. The second kappa shape index (κ2) is 6.42. The SMILES string of the molecule is CC1CCNCC1NC(=O)c1coc(Br)c1.Cl. The van der Waals surface area contributed by atoms with Crippen molar-refractivity contribution in [2.45, 2.75) is 19.4 Å². The molecule has 1 fully saturated rings. The van der Waals surface area contributed by atoms with E-state index in [9.17, 15) is 4.79 Å². The van der Waals surface area contributed by atoms with Crippen molar-refractivity contribution in [3.05, 3.63) is 22.6 Å². The highest BCUT2D eigenvalue weighted by molar-refractivity contribution is 9.10. The lowest BCUT2D eigenvalue weighted by atomic mass is 9.94. The van der Waals surface area contributed by atoms with Crippen LogP contribution in [0.25, 0.3) is 0 Å². The van der Waals surface area contributed by atoms with Crippen molar-refractivity contribution >= 4 is 34.2 Å². The fourth-order valence-corrected chi connectivity index (χ4v) is 2.20. The summed E-state index contributed by atoms with van der Waals surface area (Å²) in [5.74, 6) is 0.440. The molecule has 2 atom stereocenters. The molecule has 0 aliphatic carbocycles. The highest BCUT2D eigenvalue weighted by Gasteiger charge is 2.23. The van der Waals surface area contributed by atoms with Crippen LogP contribution in [0, 0.1) is 5.92 Å². The number of nitrogens with one attached hydrogen (secondary N) is 2. The van der Waals surface area contributed by atoms with E-state index in [1.807, 2.05) is 0 Å². The molecule has 0 aromatic carbocycles. The number of piperidine rings is 1. The summed E-state index contributed by atoms with van der Waals surface area (Å²) in [5.41, 5.74) is 0.560. The third-order valence-corrected chi connectivity index (χ3v) is 3.39. The fraction of sp³-hybridized carbons (Fsp3) is 0.545. The first-order valence-electron chi connectivity index (χ1n) is 5.42. The molecule has 1 aromatic heterocycles. The second-order valence-electron chi connectivity index (χ2n) is 4.19. The summed E-state index contributed by atoms with van der Waals surface area (Å²) < 4.78 is 5.62. The summed E-state index contributed by atoms with van der Waals surface area (Å²) in [6.07, 6.45) is 2.56. The van der Waals surface area contributed by atoms with E-state index in [-0.39, 0.29) is 24.4 Å². The number of amides is 1. The van der Waals surface area contributed by atoms with E-state index >= 15 is 0 Å². The zero-order valence-electron chi connectivity index (χ0n) is 9.53. The Morgan fingerprint density at radius 1 is 1.65 bits per heavy atom. The lowest BCUT2D eigenvalue weighted by Gasteiger charge is -2.30. The van der Waals surface area contributed by atoms with Crippen molar-refractivity contribution in [1.82, 2.24) is 10.6 Å². The van der Waals surface area contributed by atoms with Crippen LogP contribution in [0.3, 0.4) is 0 Å². The number of furan rings is 1. The van der Waals surface area contributed by atoms with E-state index in [2.05, 4.69) is 33.5 Å². The van der Waals surface area contributed by atoms with Gasteiger partial charge in [0.15, 0.2) is 4.67 Å². The van der Waals surface area contributed by atoms with Gasteiger partial charge in [-0.25, -0.2) is 0 Å². The summed E-state index contributed by atoms with van der Waals surface area (Å²) in [6.45, 7) is 4.04. The van der Waals surface area contributed by atoms with Gasteiger partial charge in [0.1, 0.15) is 6.26 Å². The molecular weight excluding hydrogens is 307 g/mol. The lowest BCUT2D eigenvalue weighted by molar-refractivity contribution is 0.0914. The zero-order valence-corrected chi connectivity index (χ0v) is 11.9. The van der Waals surface area contributed by atoms with E-state index in [1.165, 1.54) is 6.26 Å². The molecule has 17 heavy (non-hydrogen) atoms. The normalized spacial score (nSPS) is 23.9. The van der Waals surface area contributed by atoms with Crippen molar-refractivity contribution in [3.8, 4) is 0 Å². The van der Waals surface area contributed by atoms with Crippen LogP contribution in [0.15, 0.2) is 21.4 Å². The van der Waals surface area contributed by atoms with Gasteiger partial charge in [-0.15, -0.1) is 12.4 Å². The quantitative estimate of drug-likeness (QED) is 0.877. The second-order valence-corrected chi connectivity index (χ2v) is 4.97. The van der Waals surface area contributed by atoms with Crippen molar-refractivity contribution in [3.63, 3.8) is 0 Å². The predicted molar refractivity (Wildman–Crippen MR) is 71.6 cm³/mol. The van der Waals surface area contributed by atoms with Crippen molar-refractivity contribution in [2.75, 3.05) is 13.1 Å². The van der Waals surface area contributed by atoms with Gasteiger partial charge >= 0.3 is 0 Å². The molecule has 0 bridgehead atoms. The van der Waals surface area contributed by atoms with E-state index in [1.54, 1.807) is 6.07 Å². The Morgan fingerprint density at radius 3 is 3.00 bits per heavy atom. The predicted octanol–water partition coefficient (Wildman–Crippen LogP) is 2.19. The standard InChI is InChI=1S/C11H15BrN2O2.ClH/c1-7-2-3-13-5-9(7)14-11(15)8-4-10(12)16-6-8;/h4,6-7,9,13H,2-3,5H2,1H3,(H,14,15);1H. The maximum absolute atomic E-state index is 11.9. The highest BCUT2D eigenvalue weighted by Crippen LogP contribution is 2.16. The van der Waals surface area contributed by atoms with Crippen LogP contribution in [0.2, 0.25) is 0 Å². The molecule has 96 valence electrons. The Labute approximate surface area is 115 Å². The molecule has 2 unspecified atom stereocenters. The Bertz CT molecular complexity index is 383. The largest absolute Gasteiger partial charge is 0.457 e. The zero-order chi connectivity index (χ0) is 11.5. The number of rotatable bonds is 2. The lowest BCUT2D eigenvalue weighted by Crippen LogP contribution is -2.50. The van der Waals surface area contributed by atoms with E-state index < -0.39 is 0 Å². The average molecular weight is 324 g/mol. The molecule has 1 aliphatic heterocycles. The van der Waals surface area contributed by atoms with E-state index in [0.29, 0.717) is 16.2 Å². The summed E-state index contributed by atoms with van der Waals surface area (Å²) in [4.78, 5) is 11.9. The maximum Gasteiger partial charge on any atom is 0.254 e. The first-order chi connectivity index (χ1) is 7.66. The molecule has 1 aromatic rings. The molecule has 2 heterocycles. The first-order valence-corrected chi connectivity index (χ1v) is 6.21. The topological polar surface area (TPSA) is 54.3 Å². The average Bonchev–Trinajstić information content (AvgIpc) is 2.68. The smallest absolute Gasteiger partial charge is 0.254 e. The Hall–Kier alpha value is -0.520. The third-order valence-electron chi connectivity index (χ3n) is 2.97. The minimum Gasteiger partial charge on any atom is -0.457 e. The molecule has 6 heteroatoms. The van der Waals surface area contributed by atoms with Gasteiger partial charge in [0.25, 0.3) is 5.91 Å². The highest BCUT2D eigenvalue weighted by atomic mass is 79.9. The molecule has 4 nitrogen and oxygen atoms in total. The minimum absolute atomic E-state index is 0. The van der Waals surface area contributed by atoms with Crippen LogP contribution in [0.1, 0.15) is 23.7 Å². The molecule has 2 rings (SSSR count). The van der Waals surface area contributed by atoms with Gasteiger partial charge in [0.2, 0.25) is 0 Å². The van der Waals surface area contributed by atoms with Crippen molar-refractivity contribution < 1.29 is 9.21 Å². The van der Waals surface area contributed by atoms with Crippen LogP contribution in [-0.2, 0) is 0 Å². The molecule has 0 radical (unpaired) electrons. The number of hydrogen-bond donors (Lipinski definition) is 2. The van der Waals surface area contributed by atoms with Gasteiger partial charge in [0, 0.05) is 18.7 Å². The van der Waals surface area contributed by atoms with Crippen LogP contribution >= 0.6 is 28.3 Å². The number of carbonyl (C=O) groups is 1. The van der Waals surface area contributed by atoms with E-state index in [0.717, 1.165) is 19.5 Å². The van der Waals surface area contributed by atoms with E-state index in [4.69, 9.17) is 4.42 Å². The Morgan fingerprint density at radius 2 is 2.41 bits per heavy atom. The van der Waals surface area contributed by atoms with Gasteiger partial charge < -0.3 is 15.1 Å². The maximum atomic E-state index is 11.9. The van der Waals surface area contributed by atoms with Crippen molar-refractivity contribution in [1.29, 1.82) is 0 Å². The molecule has 1 saturated heterocycles. The number of halogens is 2.